The van der Waals surface area contributed by atoms with Crippen LogP contribution in [-0.4, -0.2) is 18.2 Å². The van der Waals surface area contributed by atoms with Crippen LogP contribution in [0.4, 0.5) is 0 Å². The number of carbonyl (C=O) groups is 1. The first-order valence-electron chi connectivity index (χ1n) is 9.96. The fourth-order valence-electron chi connectivity index (χ4n) is 3.42. The average molecular weight is 410 g/mol. The lowest BCUT2D eigenvalue weighted by Gasteiger charge is -2.15. The molecule has 0 atom stereocenters. The molecule has 0 heterocycles. The molecule has 4 heteroatoms. The number of benzene rings is 4. The summed E-state index contributed by atoms with van der Waals surface area (Å²) in [6, 6.07) is 27.8. The molecule has 0 saturated heterocycles. The molecule has 0 radical (unpaired) electrons. The number of ether oxygens (including phenoxy) is 2. The van der Waals surface area contributed by atoms with Crippen LogP contribution in [0.25, 0.3) is 28.0 Å². The molecular weight excluding hydrogens is 388 g/mol. The first-order chi connectivity index (χ1) is 15.1. The molecule has 0 aromatic heterocycles. The molecule has 0 bridgehead atoms. The Morgan fingerprint density at radius 2 is 1.65 bits per heavy atom. The van der Waals surface area contributed by atoms with Crippen LogP contribution in [0.5, 0.6) is 17.2 Å². The van der Waals surface area contributed by atoms with Gasteiger partial charge >= 0.3 is 5.97 Å². The summed E-state index contributed by atoms with van der Waals surface area (Å²) in [4.78, 5) is 10.7. The number of hydrogen-bond donors (Lipinski definition) is 1. The zero-order valence-electron chi connectivity index (χ0n) is 17.1. The van der Waals surface area contributed by atoms with E-state index in [-0.39, 0.29) is 6.42 Å². The Bertz CT molecular complexity index is 1230. The van der Waals surface area contributed by atoms with E-state index in [0.717, 1.165) is 39.0 Å². The van der Waals surface area contributed by atoms with Crippen LogP contribution in [0, 0.1) is 0 Å². The van der Waals surface area contributed by atoms with Gasteiger partial charge in [0.15, 0.2) is 0 Å². The van der Waals surface area contributed by atoms with Gasteiger partial charge in [0, 0.05) is 10.9 Å². The van der Waals surface area contributed by atoms with Gasteiger partial charge in [0.1, 0.15) is 17.2 Å². The Hall–Kier alpha value is -4.05. The Morgan fingerprint density at radius 3 is 2.35 bits per heavy atom. The van der Waals surface area contributed by atoms with Crippen molar-refractivity contribution in [3.05, 3.63) is 96.6 Å². The standard InChI is InChI=1S/C27H22O4/c1-30-23-15-17-25-21(18-23)12-16-24(20-7-3-2-4-8-20)27(25)31-22-13-10-19(11-14-22)6-5-9-26(28)29/h2-8,10-18H,9H2,1H3,(H,28,29). The zero-order chi connectivity index (χ0) is 21.6. The molecule has 0 amide bonds. The van der Waals surface area contributed by atoms with Crippen molar-refractivity contribution in [3.8, 4) is 28.4 Å². The van der Waals surface area contributed by atoms with Crippen molar-refractivity contribution in [2.75, 3.05) is 7.11 Å². The number of carboxylic acids is 1. The molecule has 31 heavy (non-hydrogen) atoms. The van der Waals surface area contributed by atoms with Gasteiger partial charge in [-0.25, -0.2) is 0 Å². The third-order valence-corrected chi connectivity index (χ3v) is 4.97. The fourth-order valence-corrected chi connectivity index (χ4v) is 3.42. The van der Waals surface area contributed by atoms with Gasteiger partial charge in [0.05, 0.1) is 13.5 Å². The first kappa shape index (κ1) is 20.2. The van der Waals surface area contributed by atoms with Gasteiger partial charge in [-0.15, -0.1) is 0 Å². The number of rotatable bonds is 7. The quantitative estimate of drug-likeness (QED) is 0.364. The minimum Gasteiger partial charge on any atom is -0.497 e. The summed E-state index contributed by atoms with van der Waals surface area (Å²) in [5.74, 6) is 1.43. The van der Waals surface area contributed by atoms with E-state index in [4.69, 9.17) is 14.6 Å². The molecular formula is C27H22O4. The molecule has 154 valence electrons. The smallest absolute Gasteiger partial charge is 0.307 e. The van der Waals surface area contributed by atoms with E-state index in [1.165, 1.54) is 0 Å². The highest BCUT2D eigenvalue weighted by molar-refractivity contribution is 5.96. The first-order valence-corrected chi connectivity index (χ1v) is 9.96. The monoisotopic (exact) mass is 410 g/mol. The Labute approximate surface area is 181 Å². The largest absolute Gasteiger partial charge is 0.497 e. The van der Waals surface area contributed by atoms with Gasteiger partial charge in [-0.05, 0) is 52.9 Å². The molecule has 0 spiro atoms. The molecule has 0 fully saturated rings. The van der Waals surface area contributed by atoms with E-state index in [1.54, 1.807) is 19.3 Å². The van der Waals surface area contributed by atoms with E-state index in [2.05, 4.69) is 24.3 Å². The summed E-state index contributed by atoms with van der Waals surface area (Å²) in [5.41, 5.74) is 2.99. The summed E-state index contributed by atoms with van der Waals surface area (Å²) in [6.07, 6.45) is 3.42. The van der Waals surface area contributed by atoms with Crippen LogP contribution in [0.3, 0.4) is 0 Å². The highest BCUT2D eigenvalue weighted by Crippen LogP contribution is 2.40. The van der Waals surface area contributed by atoms with E-state index in [9.17, 15) is 4.79 Å². The third-order valence-electron chi connectivity index (χ3n) is 4.97. The van der Waals surface area contributed by atoms with Crippen LogP contribution in [0.2, 0.25) is 0 Å². The summed E-state index contributed by atoms with van der Waals surface area (Å²) in [7, 11) is 1.66. The second-order valence-corrected chi connectivity index (χ2v) is 7.07. The zero-order valence-corrected chi connectivity index (χ0v) is 17.1. The molecule has 4 rings (SSSR count). The molecule has 0 aliphatic rings. The van der Waals surface area contributed by atoms with Crippen molar-refractivity contribution in [3.63, 3.8) is 0 Å². The van der Waals surface area contributed by atoms with E-state index < -0.39 is 5.97 Å². The summed E-state index contributed by atoms with van der Waals surface area (Å²) in [6.45, 7) is 0. The van der Waals surface area contributed by atoms with Crippen molar-refractivity contribution in [1.82, 2.24) is 0 Å². The summed E-state index contributed by atoms with van der Waals surface area (Å²) in [5, 5.41) is 10.8. The van der Waals surface area contributed by atoms with Crippen molar-refractivity contribution in [2.45, 2.75) is 6.42 Å². The van der Waals surface area contributed by atoms with Gasteiger partial charge in [-0.2, -0.15) is 0 Å². The van der Waals surface area contributed by atoms with E-state index in [1.807, 2.05) is 60.7 Å². The fraction of sp³-hybridized carbons (Fsp3) is 0.0741. The Balaban J connectivity index is 1.72. The predicted molar refractivity (Wildman–Crippen MR) is 124 cm³/mol. The number of carboxylic acid groups (broad SMARTS) is 1. The van der Waals surface area contributed by atoms with Gasteiger partial charge in [-0.3, -0.25) is 4.79 Å². The maximum Gasteiger partial charge on any atom is 0.307 e. The van der Waals surface area contributed by atoms with Gasteiger partial charge in [0.25, 0.3) is 0 Å². The lowest BCUT2D eigenvalue weighted by molar-refractivity contribution is -0.135. The van der Waals surface area contributed by atoms with Crippen LogP contribution >= 0.6 is 0 Å². The number of methoxy groups -OCH3 is 1. The van der Waals surface area contributed by atoms with Crippen LogP contribution in [0.15, 0.2) is 91.0 Å². The Morgan fingerprint density at radius 1 is 0.903 bits per heavy atom. The molecule has 1 N–H and O–H groups in total. The molecule has 4 nitrogen and oxygen atoms in total. The predicted octanol–water partition coefficient (Wildman–Crippen LogP) is 6.80. The molecule has 4 aromatic carbocycles. The second kappa shape index (κ2) is 9.18. The van der Waals surface area contributed by atoms with Crippen LogP contribution in [0.1, 0.15) is 12.0 Å². The minimum atomic E-state index is -0.850. The number of fused-ring (bicyclic) bond motifs is 1. The van der Waals surface area contributed by atoms with E-state index >= 15 is 0 Å². The summed E-state index contributed by atoms with van der Waals surface area (Å²) < 4.78 is 11.8. The highest BCUT2D eigenvalue weighted by Gasteiger charge is 2.13. The molecule has 0 aliphatic heterocycles. The lowest BCUT2D eigenvalue weighted by atomic mass is 9.99. The van der Waals surface area contributed by atoms with Gasteiger partial charge < -0.3 is 14.6 Å². The van der Waals surface area contributed by atoms with Crippen molar-refractivity contribution >= 4 is 22.8 Å². The molecule has 0 aliphatic carbocycles. The van der Waals surface area contributed by atoms with Gasteiger partial charge in [-0.1, -0.05) is 60.7 Å². The average Bonchev–Trinajstić information content (AvgIpc) is 2.80. The second-order valence-electron chi connectivity index (χ2n) is 7.07. The van der Waals surface area contributed by atoms with E-state index in [0.29, 0.717) is 5.75 Å². The SMILES string of the molecule is COc1ccc2c(Oc3ccc(C=CCC(=O)O)cc3)c(-c3ccccc3)ccc2c1. The topological polar surface area (TPSA) is 55.8 Å². The van der Waals surface area contributed by atoms with Crippen molar-refractivity contribution in [1.29, 1.82) is 0 Å². The molecule has 0 saturated carbocycles. The molecule has 4 aromatic rings. The maximum absolute atomic E-state index is 10.7. The molecule has 0 unspecified atom stereocenters. The maximum atomic E-state index is 10.7. The van der Waals surface area contributed by atoms with Gasteiger partial charge in [0.2, 0.25) is 0 Å². The van der Waals surface area contributed by atoms with Crippen molar-refractivity contribution in [2.24, 2.45) is 0 Å². The minimum absolute atomic E-state index is 0.00183. The summed E-state index contributed by atoms with van der Waals surface area (Å²) >= 11 is 0. The number of hydrogen-bond acceptors (Lipinski definition) is 3. The third kappa shape index (κ3) is 4.75. The Kier molecular flexibility index (Phi) is 5.99. The normalized spacial score (nSPS) is 11.0. The van der Waals surface area contributed by atoms with Crippen LogP contribution < -0.4 is 9.47 Å². The number of aliphatic carboxylic acids is 1. The van der Waals surface area contributed by atoms with Crippen LogP contribution in [-0.2, 0) is 4.79 Å². The van der Waals surface area contributed by atoms with Crippen molar-refractivity contribution < 1.29 is 19.4 Å². The highest BCUT2D eigenvalue weighted by atomic mass is 16.5. The lowest BCUT2D eigenvalue weighted by Crippen LogP contribution is -1.92.